The lowest BCUT2D eigenvalue weighted by atomic mass is 10.2. The maximum absolute atomic E-state index is 4.80. The monoisotopic (exact) mass is 332 g/mol. The highest BCUT2D eigenvalue weighted by Gasteiger charge is 2.21. The molecule has 2 aromatic rings. The molecular formula is C22H26N3+. The zero-order valence-corrected chi connectivity index (χ0v) is 15.3. The molecule has 25 heavy (non-hydrogen) atoms. The van der Waals surface area contributed by atoms with Crippen LogP contribution in [0, 0.1) is 0 Å². The van der Waals surface area contributed by atoms with Crippen molar-refractivity contribution in [2.45, 2.75) is 27.2 Å². The molecule has 0 unspecified atom stereocenters. The third-order valence-electron chi connectivity index (χ3n) is 3.68. The van der Waals surface area contributed by atoms with E-state index >= 15 is 0 Å². The van der Waals surface area contributed by atoms with E-state index in [1.165, 1.54) is 0 Å². The van der Waals surface area contributed by atoms with Crippen LogP contribution in [0.5, 0.6) is 0 Å². The summed E-state index contributed by atoms with van der Waals surface area (Å²) in [7, 11) is 0. The highest BCUT2D eigenvalue weighted by molar-refractivity contribution is 5.68. The third kappa shape index (κ3) is 4.77. The Balaban J connectivity index is 2.53. The van der Waals surface area contributed by atoms with E-state index in [4.69, 9.17) is 5.10 Å². The molecule has 1 aromatic carbocycles. The fraction of sp³-hybridized carbons (Fsp3) is 0.182. The number of para-hydroxylation sites is 1. The van der Waals surface area contributed by atoms with Gasteiger partial charge in [0.25, 0.3) is 0 Å². The third-order valence-corrected chi connectivity index (χ3v) is 3.68. The Labute approximate surface area is 150 Å². The Kier molecular flexibility index (Phi) is 6.90. The summed E-state index contributed by atoms with van der Waals surface area (Å²) in [6.45, 7) is 10.3. The van der Waals surface area contributed by atoms with Crippen LogP contribution in [0.1, 0.15) is 33.0 Å². The van der Waals surface area contributed by atoms with E-state index in [2.05, 4.69) is 31.7 Å². The zero-order valence-electron chi connectivity index (χ0n) is 15.3. The number of hydrogen-bond donors (Lipinski definition) is 0. The smallest absolute Gasteiger partial charge is 0.197 e. The van der Waals surface area contributed by atoms with Crippen LogP contribution in [0.15, 0.2) is 85.8 Å². The second-order valence-corrected chi connectivity index (χ2v) is 5.52. The van der Waals surface area contributed by atoms with Crippen LogP contribution >= 0.6 is 0 Å². The SMILES string of the molecule is C=C(/C=C\C=C/C)[n+]1cn(-c2ccccc2)nc1C(/C=C\CC)=C/C. The molecule has 3 heteroatoms. The van der Waals surface area contributed by atoms with Gasteiger partial charge in [-0.2, -0.15) is 4.57 Å². The molecule has 0 aliphatic rings. The fourth-order valence-electron chi connectivity index (χ4n) is 2.35. The van der Waals surface area contributed by atoms with Gasteiger partial charge in [-0.25, -0.2) is 0 Å². The second-order valence-electron chi connectivity index (χ2n) is 5.52. The molecule has 1 aromatic heterocycles. The van der Waals surface area contributed by atoms with Crippen molar-refractivity contribution in [3.05, 3.63) is 91.6 Å². The molecule has 2 rings (SSSR count). The molecule has 0 saturated carbocycles. The second kappa shape index (κ2) is 9.38. The first kappa shape index (κ1) is 18.4. The van der Waals surface area contributed by atoms with E-state index in [-0.39, 0.29) is 0 Å². The fourth-order valence-corrected chi connectivity index (χ4v) is 2.35. The summed E-state index contributed by atoms with van der Waals surface area (Å²) in [4.78, 5) is 0. The van der Waals surface area contributed by atoms with Gasteiger partial charge in [0.05, 0.1) is 16.4 Å². The maximum Gasteiger partial charge on any atom is 0.313 e. The molecule has 0 radical (unpaired) electrons. The number of hydrogen-bond acceptors (Lipinski definition) is 1. The summed E-state index contributed by atoms with van der Waals surface area (Å²) in [5.41, 5.74) is 2.94. The normalized spacial score (nSPS) is 12.7. The van der Waals surface area contributed by atoms with Gasteiger partial charge in [-0.15, -0.1) is 0 Å². The van der Waals surface area contributed by atoms with Crippen molar-refractivity contribution < 1.29 is 4.57 Å². The van der Waals surface area contributed by atoms with E-state index in [0.29, 0.717) is 0 Å². The first-order chi connectivity index (χ1) is 12.2. The van der Waals surface area contributed by atoms with Crippen molar-refractivity contribution in [2.75, 3.05) is 0 Å². The molecule has 0 bridgehead atoms. The highest BCUT2D eigenvalue weighted by atomic mass is 15.4. The number of benzene rings is 1. The Bertz CT molecular complexity index is 818. The molecular weight excluding hydrogens is 306 g/mol. The summed E-state index contributed by atoms with van der Waals surface area (Å²) < 4.78 is 3.90. The molecule has 0 N–H and O–H groups in total. The maximum atomic E-state index is 4.80. The average Bonchev–Trinajstić information content (AvgIpc) is 3.09. The van der Waals surface area contributed by atoms with Crippen molar-refractivity contribution in [3.8, 4) is 5.69 Å². The Morgan fingerprint density at radius 3 is 2.56 bits per heavy atom. The highest BCUT2D eigenvalue weighted by Crippen LogP contribution is 2.14. The lowest BCUT2D eigenvalue weighted by molar-refractivity contribution is -0.581. The van der Waals surface area contributed by atoms with Crippen LogP contribution in [0.2, 0.25) is 0 Å². The quantitative estimate of drug-likeness (QED) is 0.509. The van der Waals surface area contributed by atoms with E-state index in [1.807, 2.05) is 84.1 Å². The van der Waals surface area contributed by atoms with Gasteiger partial charge in [-0.05, 0) is 38.5 Å². The molecule has 0 fully saturated rings. The van der Waals surface area contributed by atoms with Crippen molar-refractivity contribution in [1.82, 2.24) is 9.78 Å². The van der Waals surface area contributed by atoms with Gasteiger partial charge < -0.3 is 0 Å². The van der Waals surface area contributed by atoms with Gasteiger partial charge in [0.15, 0.2) is 0 Å². The van der Waals surface area contributed by atoms with Gasteiger partial charge in [0.2, 0.25) is 6.33 Å². The molecule has 0 amide bonds. The topological polar surface area (TPSA) is 21.7 Å². The summed E-state index contributed by atoms with van der Waals surface area (Å²) in [6, 6.07) is 10.1. The van der Waals surface area contributed by atoms with Gasteiger partial charge in [-0.3, -0.25) is 0 Å². The molecule has 0 spiro atoms. The summed E-state index contributed by atoms with van der Waals surface area (Å²) in [6.07, 6.45) is 17.2. The molecule has 0 aliphatic carbocycles. The molecule has 3 nitrogen and oxygen atoms in total. The number of nitrogens with zero attached hydrogens (tertiary/aromatic N) is 3. The Hall–Kier alpha value is -2.94. The predicted octanol–water partition coefficient (Wildman–Crippen LogP) is 5.13. The summed E-state index contributed by atoms with van der Waals surface area (Å²) in [5.74, 6) is 0.867. The van der Waals surface area contributed by atoms with Crippen LogP contribution in [-0.2, 0) is 0 Å². The van der Waals surface area contributed by atoms with E-state index in [1.54, 1.807) is 0 Å². The van der Waals surface area contributed by atoms with Gasteiger partial charge in [0.1, 0.15) is 5.69 Å². The van der Waals surface area contributed by atoms with Crippen molar-refractivity contribution in [3.63, 3.8) is 0 Å². The van der Waals surface area contributed by atoms with Crippen LogP contribution in [0.25, 0.3) is 17.0 Å². The summed E-state index contributed by atoms with van der Waals surface area (Å²) >= 11 is 0. The minimum Gasteiger partial charge on any atom is -0.197 e. The minimum atomic E-state index is 0.861. The number of rotatable bonds is 7. The van der Waals surface area contributed by atoms with E-state index in [9.17, 15) is 0 Å². The lowest BCUT2D eigenvalue weighted by Gasteiger charge is -1.99. The zero-order chi connectivity index (χ0) is 18.1. The standard InChI is InChI=1S/C22H26N3/c1-5-8-11-14-19(4)24-18-25(21-16-12-10-13-17-21)23-22(24)20(7-3)15-9-6-2/h5,7-18H,4,6H2,1-3H3/q+1/b8-5-,14-11-,15-9-,20-7+. The van der Waals surface area contributed by atoms with Crippen LogP contribution in [0.3, 0.4) is 0 Å². The van der Waals surface area contributed by atoms with Gasteiger partial charge >= 0.3 is 5.82 Å². The van der Waals surface area contributed by atoms with E-state index < -0.39 is 0 Å². The molecule has 0 saturated heterocycles. The first-order valence-electron chi connectivity index (χ1n) is 8.59. The molecule has 128 valence electrons. The molecule has 0 aliphatic heterocycles. The van der Waals surface area contributed by atoms with Crippen LogP contribution in [-0.4, -0.2) is 9.78 Å². The average molecular weight is 332 g/mol. The van der Waals surface area contributed by atoms with Crippen LogP contribution < -0.4 is 4.57 Å². The minimum absolute atomic E-state index is 0.861. The van der Waals surface area contributed by atoms with Crippen molar-refractivity contribution in [2.24, 2.45) is 0 Å². The van der Waals surface area contributed by atoms with Crippen molar-refractivity contribution in [1.29, 1.82) is 0 Å². The van der Waals surface area contributed by atoms with Crippen LogP contribution in [0.4, 0.5) is 0 Å². The Morgan fingerprint density at radius 2 is 1.92 bits per heavy atom. The van der Waals surface area contributed by atoms with E-state index in [0.717, 1.165) is 29.2 Å². The largest absolute Gasteiger partial charge is 0.313 e. The molecule has 0 atom stereocenters. The Morgan fingerprint density at radius 1 is 1.16 bits per heavy atom. The lowest BCUT2D eigenvalue weighted by Crippen LogP contribution is -2.33. The summed E-state index contributed by atoms with van der Waals surface area (Å²) in [5, 5.41) is 4.80. The molecule has 1 heterocycles. The van der Waals surface area contributed by atoms with Gasteiger partial charge in [-0.1, -0.05) is 72.8 Å². The number of allylic oxidation sites excluding steroid dienone is 9. The number of aromatic nitrogens is 3. The predicted molar refractivity (Wildman–Crippen MR) is 106 cm³/mol. The first-order valence-corrected chi connectivity index (χ1v) is 8.59. The van der Waals surface area contributed by atoms with Crippen molar-refractivity contribution >= 4 is 11.3 Å². The van der Waals surface area contributed by atoms with Gasteiger partial charge in [0, 0.05) is 0 Å².